The fourth-order valence-corrected chi connectivity index (χ4v) is 3.09. The highest BCUT2D eigenvalue weighted by atomic mass is 16.6. The Hall–Kier alpha value is -0.810. The van der Waals surface area contributed by atoms with E-state index in [0.29, 0.717) is 0 Å². The third-order valence-electron chi connectivity index (χ3n) is 4.33. The number of carbonyl (C=O) groups excluding carboxylic acids is 1. The number of amides is 1. The Morgan fingerprint density at radius 3 is 2.40 bits per heavy atom. The molecule has 2 aliphatic heterocycles. The van der Waals surface area contributed by atoms with E-state index in [-0.39, 0.29) is 17.7 Å². The Morgan fingerprint density at radius 1 is 1.25 bits per heavy atom. The highest BCUT2D eigenvalue weighted by Gasteiger charge is 2.42. The van der Waals surface area contributed by atoms with E-state index in [9.17, 15) is 9.90 Å². The van der Waals surface area contributed by atoms with Crippen LogP contribution in [0.2, 0.25) is 0 Å². The standard InChI is InChI=1S/C15H28N2O3/c1-14(2,3)20-13(19)16-10-7-15(4,11-16)17-8-5-12(18)6-9-17/h12,18H,5-11H2,1-4H3/t15-/m1/s1. The lowest BCUT2D eigenvalue weighted by molar-refractivity contribution is 0.0131. The number of aliphatic hydroxyl groups is 1. The quantitative estimate of drug-likeness (QED) is 0.798. The second-order valence-corrected chi connectivity index (χ2v) is 7.37. The van der Waals surface area contributed by atoms with Crippen LogP contribution in [0.4, 0.5) is 4.79 Å². The van der Waals surface area contributed by atoms with Gasteiger partial charge in [0.15, 0.2) is 0 Å². The maximum absolute atomic E-state index is 12.1. The maximum atomic E-state index is 12.1. The molecule has 0 aromatic carbocycles. The van der Waals surface area contributed by atoms with Gasteiger partial charge < -0.3 is 14.7 Å². The Kier molecular flexibility index (Phi) is 4.30. The average molecular weight is 284 g/mol. The van der Waals surface area contributed by atoms with Crippen molar-refractivity contribution in [1.29, 1.82) is 0 Å². The Balaban J connectivity index is 1.92. The van der Waals surface area contributed by atoms with E-state index >= 15 is 0 Å². The zero-order chi connectivity index (χ0) is 15.0. The molecule has 20 heavy (non-hydrogen) atoms. The van der Waals surface area contributed by atoms with Crippen LogP contribution >= 0.6 is 0 Å². The molecule has 2 heterocycles. The summed E-state index contributed by atoms with van der Waals surface area (Å²) in [7, 11) is 0. The Morgan fingerprint density at radius 2 is 1.85 bits per heavy atom. The van der Waals surface area contributed by atoms with Crippen molar-refractivity contribution in [1.82, 2.24) is 9.80 Å². The summed E-state index contributed by atoms with van der Waals surface area (Å²) < 4.78 is 5.45. The lowest BCUT2D eigenvalue weighted by Gasteiger charge is -2.42. The summed E-state index contributed by atoms with van der Waals surface area (Å²) in [5, 5.41) is 9.61. The van der Waals surface area contributed by atoms with Crippen molar-refractivity contribution in [3.63, 3.8) is 0 Å². The second-order valence-electron chi connectivity index (χ2n) is 7.37. The van der Waals surface area contributed by atoms with E-state index in [1.807, 2.05) is 25.7 Å². The number of rotatable bonds is 1. The molecule has 2 aliphatic rings. The van der Waals surface area contributed by atoms with Crippen LogP contribution in [0.5, 0.6) is 0 Å². The van der Waals surface area contributed by atoms with Crippen LogP contribution in [0.25, 0.3) is 0 Å². The zero-order valence-corrected chi connectivity index (χ0v) is 13.2. The molecule has 2 rings (SSSR count). The number of likely N-dealkylation sites (tertiary alicyclic amines) is 2. The van der Waals surface area contributed by atoms with E-state index in [0.717, 1.165) is 45.4 Å². The van der Waals surface area contributed by atoms with Gasteiger partial charge in [0.25, 0.3) is 0 Å². The molecule has 0 saturated carbocycles. The largest absolute Gasteiger partial charge is 0.444 e. The molecule has 0 radical (unpaired) electrons. The van der Waals surface area contributed by atoms with Gasteiger partial charge in [0, 0.05) is 31.7 Å². The summed E-state index contributed by atoms with van der Waals surface area (Å²) in [6.07, 6.45) is 2.28. The molecule has 0 spiro atoms. The van der Waals surface area contributed by atoms with E-state index in [2.05, 4.69) is 11.8 Å². The summed E-state index contributed by atoms with van der Waals surface area (Å²) in [6.45, 7) is 11.2. The molecule has 0 unspecified atom stereocenters. The highest BCUT2D eigenvalue weighted by molar-refractivity contribution is 5.68. The molecule has 0 aliphatic carbocycles. The van der Waals surface area contributed by atoms with E-state index in [1.165, 1.54) is 0 Å². The summed E-state index contributed by atoms with van der Waals surface area (Å²) >= 11 is 0. The predicted molar refractivity (Wildman–Crippen MR) is 77.6 cm³/mol. The molecule has 0 aromatic rings. The van der Waals surface area contributed by atoms with E-state index in [1.54, 1.807) is 0 Å². The fraction of sp³-hybridized carbons (Fsp3) is 0.933. The molecule has 1 atom stereocenters. The first-order valence-corrected chi connectivity index (χ1v) is 7.61. The first-order chi connectivity index (χ1) is 9.20. The number of piperidine rings is 1. The molecule has 1 amide bonds. The first kappa shape index (κ1) is 15.6. The van der Waals surface area contributed by atoms with Gasteiger partial charge in [0.1, 0.15) is 5.60 Å². The summed E-state index contributed by atoms with van der Waals surface area (Å²) in [6, 6.07) is 0. The molecule has 5 nitrogen and oxygen atoms in total. The van der Waals surface area contributed by atoms with Gasteiger partial charge in [-0.25, -0.2) is 4.79 Å². The van der Waals surface area contributed by atoms with E-state index in [4.69, 9.17) is 4.74 Å². The predicted octanol–water partition coefficient (Wildman–Crippen LogP) is 1.84. The lowest BCUT2D eigenvalue weighted by Crippen LogP contribution is -2.52. The van der Waals surface area contributed by atoms with E-state index < -0.39 is 5.60 Å². The van der Waals surface area contributed by atoms with Crippen LogP contribution < -0.4 is 0 Å². The van der Waals surface area contributed by atoms with Crippen molar-refractivity contribution >= 4 is 6.09 Å². The number of hydrogen-bond acceptors (Lipinski definition) is 4. The molecular formula is C15H28N2O3. The highest BCUT2D eigenvalue weighted by Crippen LogP contribution is 2.31. The van der Waals surface area contributed by atoms with Crippen molar-refractivity contribution < 1.29 is 14.6 Å². The van der Waals surface area contributed by atoms with Crippen LogP contribution in [0.15, 0.2) is 0 Å². The summed E-state index contributed by atoms with van der Waals surface area (Å²) in [5.41, 5.74) is -0.414. The zero-order valence-electron chi connectivity index (χ0n) is 13.2. The number of ether oxygens (including phenoxy) is 1. The van der Waals surface area contributed by atoms with Gasteiger partial charge >= 0.3 is 6.09 Å². The van der Waals surface area contributed by atoms with Crippen LogP contribution in [0.1, 0.15) is 47.0 Å². The van der Waals surface area contributed by atoms with Crippen molar-refractivity contribution in [2.45, 2.75) is 64.2 Å². The van der Waals surface area contributed by atoms with Crippen LogP contribution in [0.3, 0.4) is 0 Å². The van der Waals surface area contributed by atoms with Crippen molar-refractivity contribution in [2.24, 2.45) is 0 Å². The van der Waals surface area contributed by atoms with Crippen molar-refractivity contribution in [3.05, 3.63) is 0 Å². The molecule has 0 aromatic heterocycles. The van der Waals surface area contributed by atoms with Gasteiger partial charge in [-0.3, -0.25) is 4.90 Å². The minimum absolute atomic E-state index is 0.0248. The minimum Gasteiger partial charge on any atom is -0.444 e. The summed E-state index contributed by atoms with van der Waals surface area (Å²) in [5.74, 6) is 0. The van der Waals surface area contributed by atoms with Gasteiger partial charge in [-0.05, 0) is 47.0 Å². The monoisotopic (exact) mass is 284 g/mol. The Labute approximate surface area is 121 Å². The van der Waals surface area contributed by atoms with Crippen LogP contribution in [-0.2, 0) is 4.74 Å². The SMILES string of the molecule is CC(C)(C)OC(=O)N1CC[C@@](C)(N2CCC(O)CC2)C1. The number of hydrogen-bond donors (Lipinski definition) is 1. The molecule has 2 fully saturated rings. The smallest absolute Gasteiger partial charge is 0.410 e. The van der Waals surface area contributed by atoms with Crippen LogP contribution in [-0.4, -0.2) is 64.4 Å². The normalized spacial score (nSPS) is 29.8. The first-order valence-electron chi connectivity index (χ1n) is 7.61. The van der Waals surface area contributed by atoms with Crippen molar-refractivity contribution in [2.75, 3.05) is 26.2 Å². The topological polar surface area (TPSA) is 53.0 Å². The van der Waals surface area contributed by atoms with Crippen LogP contribution in [0, 0.1) is 0 Å². The average Bonchev–Trinajstić information content (AvgIpc) is 2.72. The molecule has 1 N–H and O–H groups in total. The molecular weight excluding hydrogens is 256 g/mol. The number of nitrogens with zero attached hydrogens (tertiary/aromatic N) is 2. The fourth-order valence-electron chi connectivity index (χ4n) is 3.09. The second kappa shape index (κ2) is 5.53. The van der Waals surface area contributed by atoms with Gasteiger partial charge in [0.05, 0.1) is 6.10 Å². The lowest BCUT2D eigenvalue weighted by atomic mass is 9.95. The third-order valence-corrected chi connectivity index (χ3v) is 4.33. The summed E-state index contributed by atoms with van der Waals surface area (Å²) in [4.78, 5) is 16.4. The van der Waals surface area contributed by atoms with Gasteiger partial charge in [-0.2, -0.15) is 0 Å². The molecule has 2 saturated heterocycles. The minimum atomic E-state index is -0.439. The third kappa shape index (κ3) is 3.64. The molecule has 5 heteroatoms. The maximum Gasteiger partial charge on any atom is 0.410 e. The molecule has 0 bridgehead atoms. The van der Waals surface area contributed by atoms with Crippen molar-refractivity contribution in [3.8, 4) is 0 Å². The van der Waals surface area contributed by atoms with Gasteiger partial charge in [0.2, 0.25) is 0 Å². The van der Waals surface area contributed by atoms with Gasteiger partial charge in [-0.15, -0.1) is 0 Å². The number of aliphatic hydroxyl groups excluding tert-OH is 1. The number of carbonyl (C=O) groups is 1. The molecule has 116 valence electrons. The Bertz CT molecular complexity index is 359. The van der Waals surface area contributed by atoms with Gasteiger partial charge in [-0.1, -0.05) is 0 Å².